The molecule has 0 aliphatic carbocycles. The van der Waals surface area contributed by atoms with Crippen LogP contribution in [0.25, 0.3) is 0 Å². The predicted molar refractivity (Wildman–Crippen MR) is 110 cm³/mol. The van der Waals surface area contributed by atoms with E-state index in [1.807, 2.05) is 55.5 Å². The Balaban J connectivity index is 1.36. The highest BCUT2D eigenvalue weighted by atomic mass is 35.5. The zero-order valence-corrected chi connectivity index (χ0v) is 16.4. The number of nitrogens with zero attached hydrogens (tertiary/aromatic N) is 2. The SMILES string of the molecule is Cc1c(Cl)cccc1NC(=O)CN1CCN(CCOc2ccccc2)CC1. The summed E-state index contributed by atoms with van der Waals surface area (Å²) in [5, 5.41) is 3.63. The van der Waals surface area contributed by atoms with E-state index in [0.717, 1.165) is 49.7 Å². The van der Waals surface area contributed by atoms with E-state index >= 15 is 0 Å². The zero-order valence-electron chi connectivity index (χ0n) is 15.7. The van der Waals surface area contributed by atoms with Gasteiger partial charge in [-0.1, -0.05) is 35.9 Å². The fourth-order valence-electron chi connectivity index (χ4n) is 3.12. The molecule has 1 aliphatic rings. The van der Waals surface area contributed by atoms with Gasteiger partial charge in [0.05, 0.1) is 6.54 Å². The molecule has 1 heterocycles. The van der Waals surface area contributed by atoms with Crippen molar-refractivity contribution < 1.29 is 9.53 Å². The van der Waals surface area contributed by atoms with Gasteiger partial charge in [0, 0.05) is 43.4 Å². The second-order valence-corrected chi connectivity index (χ2v) is 7.15. The molecule has 0 radical (unpaired) electrons. The van der Waals surface area contributed by atoms with Gasteiger partial charge in [0.15, 0.2) is 0 Å². The molecule has 2 aromatic rings. The quantitative estimate of drug-likeness (QED) is 0.791. The molecule has 0 aromatic heterocycles. The number of para-hydroxylation sites is 1. The summed E-state index contributed by atoms with van der Waals surface area (Å²) in [6.45, 7) is 7.55. The molecule has 2 aromatic carbocycles. The Morgan fingerprint density at radius 2 is 1.74 bits per heavy atom. The van der Waals surface area contributed by atoms with Crippen molar-refractivity contribution in [1.29, 1.82) is 0 Å². The van der Waals surface area contributed by atoms with Gasteiger partial charge in [0.1, 0.15) is 12.4 Å². The minimum atomic E-state index is 0.00114. The van der Waals surface area contributed by atoms with E-state index in [9.17, 15) is 4.79 Å². The molecule has 27 heavy (non-hydrogen) atoms. The normalized spacial score (nSPS) is 15.5. The lowest BCUT2D eigenvalue weighted by molar-refractivity contribution is -0.117. The van der Waals surface area contributed by atoms with Crippen molar-refractivity contribution in [2.75, 3.05) is 51.2 Å². The highest BCUT2D eigenvalue weighted by molar-refractivity contribution is 6.31. The van der Waals surface area contributed by atoms with Gasteiger partial charge in [0.2, 0.25) is 5.91 Å². The minimum Gasteiger partial charge on any atom is -0.492 e. The van der Waals surface area contributed by atoms with Gasteiger partial charge in [-0.05, 0) is 36.8 Å². The first-order valence-corrected chi connectivity index (χ1v) is 9.67. The molecule has 0 saturated carbocycles. The molecule has 1 fully saturated rings. The number of anilines is 1. The molecule has 5 nitrogen and oxygen atoms in total. The number of carbonyl (C=O) groups is 1. The van der Waals surface area contributed by atoms with Crippen molar-refractivity contribution in [3.05, 3.63) is 59.1 Å². The van der Waals surface area contributed by atoms with Crippen LogP contribution in [0.5, 0.6) is 5.75 Å². The number of piperazine rings is 1. The Morgan fingerprint density at radius 1 is 1.04 bits per heavy atom. The van der Waals surface area contributed by atoms with Gasteiger partial charge >= 0.3 is 0 Å². The van der Waals surface area contributed by atoms with Crippen LogP contribution in [0.1, 0.15) is 5.56 Å². The van der Waals surface area contributed by atoms with Crippen LogP contribution in [0.4, 0.5) is 5.69 Å². The number of hydrogen-bond donors (Lipinski definition) is 1. The summed E-state index contributed by atoms with van der Waals surface area (Å²) in [4.78, 5) is 16.9. The summed E-state index contributed by atoms with van der Waals surface area (Å²) in [5.41, 5.74) is 1.68. The van der Waals surface area contributed by atoms with Crippen LogP contribution in [0.2, 0.25) is 5.02 Å². The highest BCUT2D eigenvalue weighted by Gasteiger charge is 2.19. The largest absolute Gasteiger partial charge is 0.492 e. The van der Waals surface area contributed by atoms with E-state index in [2.05, 4.69) is 15.1 Å². The Bertz CT molecular complexity index is 746. The van der Waals surface area contributed by atoms with Gasteiger partial charge in [-0.3, -0.25) is 14.6 Å². The second kappa shape index (κ2) is 9.74. The van der Waals surface area contributed by atoms with Crippen molar-refractivity contribution in [3.63, 3.8) is 0 Å². The molecule has 1 amide bonds. The van der Waals surface area contributed by atoms with Crippen molar-refractivity contribution in [1.82, 2.24) is 9.80 Å². The number of carbonyl (C=O) groups excluding carboxylic acids is 1. The number of nitrogens with one attached hydrogen (secondary N) is 1. The van der Waals surface area contributed by atoms with Crippen LogP contribution in [-0.4, -0.2) is 61.6 Å². The van der Waals surface area contributed by atoms with Crippen molar-refractivity contribution in [2.45, 2.75) is 6.92 Å². The standard InChI is InChI=1S/C21H26ClN3O2/c1-17-19(22)8-5-9-20(17)23-21(26)16-25-12-10-24(11-13-25)14-15-27-18-6-3-2-4-7-18/h2-9H,10-16H2,1H3,(H,23,26). The van der Waals surface area contributed by atoms with Gasteiger partial charge in [-0.15, -0.1) is 0 Å². The maximum Gasteiger partial charge on any atom is 0.238 e. The number of halogens is 1. The molecule has 3 rings (SSSR count). The fraction of sp³-hybridized carbons (Fsp3) is 0.381. The van der Waals surface area contributed by atoms with Crippen LogP contribution in [0.3, 0.4) is 0 Å². The first kappa shape index (κ1) is 19.7. The average molecular weight is 388 g/mol. The lowest BCUT2D eigenvalue weighted by atomic mass is 10.2. The average Bonchev–Trinajstić information content (AvgIpc) is 2.68. The summed E-state index contributed by atoms with van der Waals surface area (Å²) in [5.74, 6) is 0.908. The monoisotopic (exact) mass is 387 g/mol. The van der Waals surface area contributed by atoms with Gasteiger partial charge in [0.25, 0.3) is 0 Å². The molecule has 0 unspecified atom stereocenters. The molecule has 0 spiro atoms. The van der Waals surface area contributed by atoms with Crippen molar-refractivity contribution in [3.8, 4) is 5.75 Å². The Labute approximate surface area is 165 Å². The van der Waals surface area contributed by atoms with E-state index in [1.54, 1.807) is 0 Å². The van der Waals surface area contributed by atoms with Gasteiger partial charge in [-0.25, -0.2) is 0 Å². The number of benzene rings is 2. The number of amides is 1. The second-order valence-electron chi connectivity index (χ2n) is 6.74. The third-order valence-corrected chi connectivity index (χ3v) is 5.20. The summed E-state index contributed by atoms with van der Waals surface area (Å²) in [7, 11) is 0. The third kappa shape index (κ3) is 5.96. The molecule has 1 aliphatic heterocycles. The van der Waals surface area contributed by atoms with Crippen LogP contribution >= 0.6 is 11.6 Å². The predicted octanol–water partition coefficient (Wildman–Crippen LogP) is 3.28. The van der Waals surface area contributed by atoms with Crippen LogP contribution in [-0.2, 0) is 4.79 Å². The van der Waals surface area contributed by atoms with E-state index in [4.69, 9.17) is 16.3 Å². The Hall–Kier alpha value is -2.08. The Morgan fingerprint density at radius 3 is 2.48 bits per heavy atom. The molecule has 1 saturated heterocycles. The van der Waals surface area contributed by atoms with Crippen molar-refractivity contribution >= 4 is 23.2 Å². The first-order chi connectivity index (χ1) is 13.1. The molecule has 144 valence electrons. The zero-order chi connectivity index (χ0) is 19.1. The fourth-order valence-corrected chi connectivity index (χ4v) is 3.29. The topological polar surface area (TPSA) is 44.8 Å². The van der Waals surface area contributed by atoms with Crippen LogP contribution in [0, 0.1) is 6.92 Å². The lowest BCUT2D eigenvalue weighted by Gasteiger charge is -2.34. The third-order valence-electron chi connectivity index (χ3n) is 4.79. The van der Waals surface area contributed by atoms with Gasteiger partial charge in [-0.2, -0.15) is 0 Å². The van der Waals surface area contributed by atoms with E-state index in [1.165, 1.54) is 0 Å². The van der Waals surface area contributed by atoms with E-state index < -0.39 is 0 Å². The molecule has 1 N–H and O–H groups in total. The Kier molecular flexibility index (Phi) is 7.10. The molecular formula is C21H26ClN3O2. The lowest BCUT2D eigenvalue weighted by Crippen LogP contribution is -2.49. The highest BCUT2D eigenvalue weighted by Crippen LogP contribution is 2.22. The van der Waals surface area contributed by atoms with Crippen LogP contribution in [0.15, 0.2) is 48.5 Å². The summed E-state index contributed by atoms with van der Waals surface area (Å²) >= 11 is 6.11. The van der Waals surface area contributed by atoms with E-state index in [0.29, 0.717) is 18.2 Å². The van der Waals surface area contributed by atoms with Crippen molar-refractivity contribution in [2.24, 2.45) is 0 Å². The summed E-state index contributed by atoms with van der Waals surface area (Å²) in [6.07, 6.45) is 0. The molecule has 6 heteroatoms. The summed E-state index contributed by atoms with van der Waals surface area (Å²) < 4.78 is 5.76. The minimum absolute atomic E-state index is 0.00114. The summed E-state index contributed by atoms with van der Waals surface area (Å²) in [6, 6.07) is 15.4. The maximum absolute atomic E-state index is 12.3. The molecular weight excluding hydrogens is 362 g/mol. The van der Waals surface area contributed by atoms with Crippen LogP contribution < -0.4 is 10.1 Å². The van der Waals surface area contributed by atoms with E-state index in [-0.39, 0.29) is 5.91 Å². The molecule has 0 bridgehead atoms. The first-order valence-electron chi connectivity index (χ1n) is 9.29. The van der Waals surface area contributed by atoms with Gasteiger partial charge < -0.3 is 10.1 Å². The number of hydrogen-bond acceptors (Lipinski definition) is 4. The number of rotatable bonds is 7. The number of ether oxygens (including phenoxy) is 1. The maximum atomic E-state index is 12.3. The molecule has 0 atom stereocenters. The smallest absolute Gasteiger partial charge is 0.238 e.